The van der Waals surface area contributed by atoms with E-state index in [1.807, 2.05) is 0 Å². The summed E-state index contributed by atoms with van der Waals surface area (Å²) >= 11 is 0. The van der Waals surface area contributed by atoms with Gasteiger partial charge >= 0.3 is 0 Å². The van der Waals surface area contributed by atoms with E-state index >= 15 is 0 Å². The van der Waals surface area contributed by atoms with Gasteiger partial charge in [0.15, 0.2) is 0 Å². The Morgan fingerprint density at radius 2 is 1.16 bits per heavy atom. The van der Waals surface area contributed by atoms with Gasteiger partial charge in [-0.15, -0.1) is 0 Å². The van der Waals surface area contributed by atoms with Crippen molar-refractivity contribution in [2.45, 2.75) is 118 Å². The molecule has 0 radical (unpaired) electrons. The quantitative estimate of drug-likeness (QED) is 0.417. The molecule has 0 aliphatic heterocycles. The lowest BCUT2D eigenvalue weighted by molar-refractivity contribution is 0.511. The second kappa shape index (κ2) is 9.24. The molecule has 0 aromatic heterocycles. The van der Waals surface area contributed by atoms with Crippen molar-refractivity contribution in [2.24, 2.45) is 5.92 Å². The van der Waals surface area contributed by atoms with Crippen LogP contribution < -0.4 is 0 Å². The van der Waals surface area contributed by atoms with Gasteiger partial charge in [-0.05, 0) is 53.2 Å². The van der Waals surface area contributed by atoms with E-state index in [9.17, 15) is 0 Å². The molecule has 0 saturated heterocycles. The molecule has 0 saturated carbocycles. The highest BCUT2D eigenvalue weighted by molar-refractivity contribution is 5.45. The minimum atomic E-state index is 0.221. The van der Waals surface area contributed by atoms with Gasteiger partial charge in [0.1, 0.15) is 0 Å². The van der Waals surface area contributed by atoms with E-state index < -0.39 is 0 Å². The fraction of sp³-hybridized carbons (Fsp3) is 0.760. The molecule has 0 unspecified atom stereocenters. The molecule has 0 nitrogen and oxygen atoms in total. The summed E-state index contributed by atoms with van der Waals surface area (Å²) in [7, 11) is 0. The summed E-state index contributed by atoms with van der Waals surface area (Å²) < 4.78 is 0. The molecule has 0 heteroatoms. The van der Waals surface area contributed by atoms with E-state index in [0.717, 1.165) is 5.92 Å². The first-order chi connectivity index (χ1) is 11.4. The van der Waals surface area contributed by atoms with Gasteiger partial charge in [0.25, 0.3) is 0 Å². The molecule has 0 atom stereocenters. The zero-order chi connectivity index (χ0) is 19.3. The monoisotopic (exact) mass is 344 g/mol. The number of benzene rings is 1. The first kappa shape index (κ1) is 22.3. The molecular formula is C25H44. The van der Waals surface area contributed by atoms with Crippen LogP contribution in [0.4, 0.5) is 0 Å². The zero-order valence-corrected chi connectivity index (χ0v) is 18.7. The summed E-state index contributed by atoms with van der Waals surface area (Å²) in [5, 5.41) is 0. The summed E-state index contributed by atoms with van der Waals surface area (Å²) in [6, 6.07) is 4.88. The molecule has 1 aromatic carbocycles. The molecule has 1 rings (SSSR count). The van der Waals surface area contributed by atoms with E-state index in [1.165, 1.54) is 50.5 Å². The molecule has 0 fully saturated rings. The third-order valence-electron chi connectivity index (χ3n) is 5.22. The normalized spacial score (nSPS) is 12.9. The molecule has 0 aliphatic carbocycles. The maximum absolute atomic E-state index is 2.44. The van der Waals surface area contributed by atoms with E-state index in [1.54, 1.807) is 16.7 Å². The van der Waals surface area contributed by atoms with Gasteiger partial charge in [0.2, 0.25) is 0 Å². The number of aryl methyl sites for hydroxylation is 1. The lowest BCUT2D eigenvalue weighted by Gasteiger charge is -2.31. The van der Waals surface area contributed by atoms with Gasteiger partial charge in [0.05, 0.1) is 0 Å². The number of hydrogen-bond acceptors (Lipinski definition) is 0. The zero-order valence-electron chi connectivity index (χ0n) is 18.7. The highest BCUT2D eigenvalue weighted by atomic mass is 14.3. The summed E-state index contributed by atoms with van der Waals surface area (Å²) in [6.07, 6.45) is 9.54. The minimum Gasteiger partial charge on any atom is -0.0628 e. The average Bonchev–Trinajstić information content (AvgIpc) is 2.44. The van der Waals surface area contributed by atoms with Crippen LogP contribution in [0.3, 0.4) is 0 Å². The lowest BCUT2D eigenvalue weighted by Crippen LogP contribution is -2.21. The highest BCUT2D eigenvalue weighted by Gasteiger charge is 2.25. The molecular weight excluding hydrogens is 300 g/mol. The number of hydrogen-bond donors (Lipinski definition) is 0. The molecule has 0 heterocycles. The molecule has 0 aliphatic rings. The van der Waals surface area contributed by atoms with Crippen LogP contribution >= 0.6 is 0 Å². The van der Waals surface area contributed by atoms with Crippen LogP contribution in [0.5, 0.6) is 0 Å². The van der Waals surface area contributed by atoms with E-state index in [-0.39, 0.29) is 10.8 Å². The van der Waals surface area contributed by atoms with E-state index in [2.05, 4.69) is 74.4 Å². The Morgan fingerprint density at radius 1 is 0.720 bits per heavy atom. The molecule has 0 bridgehead atoms. The molecule has 144 valence electrons. The van der Waals surface area contributed by atoms with Gasteiger partial charge in [-0.1, -0.05) is 105 Å². The van der Waals surface area contributed by atoms with Crippen LogP contribution in [0.1, 0.15) is 116 Å². The fourth-order valence-corrected chi connectivity index (χ4v) is 3.81. The van der Waals surface area contributed by atoms with E-state index in [0.29, 0.717) is 0 Å². The Kier molecular flexibility index (Phi) is 8.23. The first-order valence-electron chi connectivity index (χ1n) is 10.6. The van der Waals surface area contributed by atoms with Crippen LogP contribution in [-0.4, -0.2) is 0 Å². The molecule has 25 heavy (non-hydrogen) atoms. The van der Waals surface area contributed by atoms with Crippen molar-refractivity contribution in [3.63, 3.8) is 0 Å². The molecule has 0 spiro atoms. The van der Waals surface area contributed by atoms with Crippen molar-refractivity contribution in [3.05, 3.63) is 34.4 Å². The van der Waals surface area contributed by atoms with Crippen LogP contribution in [0.25, 0.3) is 0 Å². The Hall–Kier alpha value is -0.780. The van der Waals surface area contributed by atoms with Crippen LogP contribution in [0.2, 0.25) is 0 Å². The van der Waals surface area contributed by atoms with E-state index in [4.69, 9.17) is 0 Å². The van der Waals surface area contributed by atoms with Crippen molar-refractivity contribution < 1.29 is 0 Å². The maximum atomic E-state index is 2.44. The first-order valence-corrected chi connectivity index (χ1v) is 10.6. The van der Waals surface area contributed by atoms with Crippen LogP contribution in [0, 0.1) is 12.8 Å². The summed E-state index contributed by atoms with van der Waals surface area (Å²) in [6.45, 7) is 21.1. The third-order valence-corrected chi connectivity index (χ3v) is 5.22. The average molecular weight is 345 g/mol. The smallest absolute Gasteiger partial charge is 0.0129 e. The molecule has 1 aromatic rings. The van der Waals surface area contributed by atoms with Crippen LogP contribution in [-0.2, 0) is 17.3 Å². The highest BCUT2D eigenvalue weighted by Crippen LogP contribution is 2.36. The molecule has 0 amide bonds. The van der Waals surface area contributed by atoms with Gasteiger partial charge in [0, 0.05) is 0 Å². The van der Waals surface area contributed by atoms with Crippen LogP contribution in [0.15, 0.2) is 12.1 Å². The standard InChI is InChI=1S/C25H44/c1-19(2)15-13-11-10-12-14-16-21-22(24(4,5)6)17-20(3)18-23(21)25(7,8)9/h17-19H,10-16H2,1-9H3. The fourth-order valence-electron chi connectivity index (χ4n) is 3.81. The largest absolute Gasteiger partial charge is 0.0628 e. The van der Waals surface area contributed by atoms with Gasteiger partial charge in [-0.25, -0.2) is 0 Å². The van der Waals surface area contributed by atoms with Crippen molar-refractivity contribution in [2.75, 3.05) is 0 Å². The summed E-state index contributed by atoms with van der Waals surface area (Å²) in [4.78, 5) is 0. The van der Waals surface area contributed by atoms with Gasteiger partial charge in [-0.2, -0.15) is 0 Å². The molecule has 0 N–H and O–H groups in total. The van der Waals surface area contributed by atoms with Crippen molar-refractivity contribution in [1.82, 2.24) is 0 Å². The second-order valence-corrected chi connectivity index (χ2v) is 10.5. The summed E-state index contributed by atoms with van der Waals surface area (Å²) in [5.41, 5.74) is 6.62. The lowest BCUT2D eigenvalue weighted by atomic mass is 9.74. The van der Waals surface area contributed by atoms with Gasteiger partial charge < -0.3 is 0 Å². The van der Waals surface area contributed by atoms with Crippen molar-refractivity contribution in [1.29, 1.82) is 0 Å². The Balaban J connectivity index is 2.83. The summed E-state index contributed by atoms with van der Waals surface area (Å²) in [5.74, 6) is 0.858. The second-order valence-electron chi connectivity index (χ2n) is 10.5. The topological polar surface area (TPSA) is 0 Å². The Bertz CT molecular complexity index is 485. The number of unbranched alkanes of at least 4 members (excludes halogenated alkanes) is 4. The predicted molar refractivity (Wildman–Crippen MR) is 115 cm³/mol. The predicted octanol–water partition coefficient (Wildman–Crippen LogP) is 8.13. The minimum absolute atomic E-state index is 0.221. The number of rotatable bonds is 8. The Labute approximate surface area is 158 Å². The Morgan fingerprint density at radius 3 is 1.60 bits per heavy atom. The van der Waals surface area contributed by atoms with Crippen molar-refractivity contribution in [3.8, 4) is 0 Å². The maximum Gasteiger partial charge on any atom is -0.0129 e. The van der Waals surface area contributed by atoms with Crippen molar-refractivity contribution >= 4 is 0 Å². The van der Waals surface area contributed by atoms with Gasteiger partial charge in [-0.3, -0.25) is 0 Å². The SMILES string of the molecule is Cc1cc(C(C)(C)C)c(CCCCCCCC(C)C)c(C(C)(C)C)c1. The third kappa shape index (κ3) is 7.55.